The highest BCUT2D eigenvalue weighted by atomic mass is 16.5. The number of carbonyl (C=O) groups is 1. The fourth-order valence-corrected chi connectivity index (χ4v) is 1.49. The summed E-state index contributed by atoms with van der Waals surface area (Å²) in [7, 11) is 1.52. The number of rotatable bonds is 5. The third-order valence-corrected chi connectivity index (χ3v) is 2.22. The van der Waals surface area contributed by atoms with E-state index in [2.05, 4.69) is 0 Å². The van der Waals surface area contributed by atoms with E-state index in [0.29, 0.717) is 5.75 Å². The van der Waals surface area contributed by atoms with Crippen molar-refractivity contribution in [2.45, 2.75) is 12.3 Å². The van der Waals surface area contributed by atoms with Gasteiger partial charge in [-0.2, -0.15) is 0 Å². The highest BCUT2D eigenvalue weighted by molar-refractivity contribution is 5.68. The van der Waals surface area contributed by atoms with Gasteiger partial charge in [0.2, 0.25) is 0 Å². The van der Waals surface area contributed by atoms with E-state index in [1.807, 2.05) is 0 Å². The predicted octanol–water partition coefficient (Wildman–Crippen LogP) is 1.25. The van der Waals surface area contributed by atoms with Gasteiger partial charge in [0.1, 0.15) is 5.75 Å². The van der Waals surface area contributed by atoms with Crippen molar-refractivity contribution in [2.75, 3.05) is 13.7 Å². The number of aliphatic hydroxyl groups excluding tert-OH is 1. The summed E-state index contributed by atoms with van der Waals surface area (Å²) >= 11 is 0. The fraction of sp³-hybridized carbons (Fsp3) is 0.364. The van der Waals surface area contributed by atoms with Gasteiger partial charge in [0.15, 0.2) is 0 Å². The van der Waals surface area contributed by atoms with Crippen molar-refractivity contribution >= 4 is 5.97 Å². The van der Waals surface area contributed by atoms with Gasteiger partial charge in [0.25, 0.3) is 0 Å². The van der Waals surface area contributed by atoms with E-state index in [1.54, 1.807) is 24.3 Å². The zero-order chi connectivity index (χ0) is 11.3. The van der Waals surface area contributed by atoms with Crippen LogP contribution in [0, 0.1) is 0 Å². The third-order valence-electron chi connectivity index (χ3n) is 2.22. The molecule has 0 bridgehead atoms. The van der Waals surface area contributed by atoms with Crippen LogP contribution in [0.2, 0.25) is 0 Å². The lowest BCUT2D eigenvalue weighted by Gasteiger charge is -2.15. The Morgan fingerprint density at radius 1 is 1.47 bits per heavy atom. The second-order valence-electron chi connectivity index (χ2n) is 3.22. The van der Waals surface area contributed by atoms with E-state index in [9.17, 15) is 4.79 Å². The second kappa shape index (κ2) is 5.36. The molecule has 4 nitrogen and oxygen atoms in total. The number of ether oxygens (including phenoxy) is 1. The minimum atomic E-state index is -0.931. The van der Waals surface area contributed by atoms with E-state index < -0.39 is 11.9 Å². The van der Waals surface area contributed by atoms with Gasteiger partial charge in [-0.3, -0.25) is 4.79 Å². The number of aliphatic carboxylic acids is 1. The lowest BCUT2D eigenvalue weighted by molar-refractivity contribution is -0.137. The predicted molar refractivity (Wildman–Crippen MR) is 55.1 cm³/mol. The maximum Gasteiger partial charge on any atom is 0.304 e. The monoisotopic (exact) mass is 210 g/mol. The van der Waals surface area contributed by atoms with Gasteiger partial charge in [0.05, 0.1) is 20.1 Å². The van der Waals surface area contributed by atoms with Crippen LogP contribution >= 0.6 is 0 Å². The quantitative estimate of drug-likeness (QED) is 0.767. The van der Waals surface area contributed by atoms with Gasteiger partial charge in [0, 0.05) is 11.5 Å². The minimum absolute atomic E-state index is 0.100. The van der Waals surface area contributed by atoms with Gasteiger partial charge < -0.3 is 14.9 Å². The summed E-state index contributed by atoms with van der Waals surface area (Å²) in [5, 5.41) is 17.8. The Balaban J connectivity index is 2.95. The van der Waals surface area contributed by atoms with Crippen molar-refractivity contribution in [1.82, 2.24) is 0 Å². The van der Waals surface area contributed by atoms with Gasteiger partial charge in [-0.1, -0.05) is 18.2 Å². The lowest BCUT2D eigenvalue weighted by Crippen LogP contribution is -2.11. The van der Waals surface area contributed by atoms with Crippen molar-refractivity contribution in [3.8, 4) is 5.75 Å². The van der Waals surface area contributed by atoms with Crippen LogP contribution in [0.25, 0.3) is 0 Å². The third kappa shape index (κ3) is 2.95. The first-order chi connectivity index (χ1) is 7.19. The van der Waals surface area contributed by atoms with Crippen LogP contribution in [0.5, 0.6) is 5.75 Å². The first kappa shape index (κ1) is 11.5. The molecule has 0 aliphatic rings. The summed E-state index contributed by atoms with van der Waals surface area (Å²) in [6.45, 7) is -0.202. The molecule has 0 fully saturated rings. The Labute approximate surface area is 88.1 Å². The Hall–Kier alpha value is -1.55. The summed E-state index contributed by atoms with van der Waals surface area (Å²) in [5.74, 6) is -0.739. The summed E-state index contributed by atoms with van der Waals surface area (Å²) in [6.07, 6.45) is -0.100. The zero-order valence-corrected chi connectivity index (χ0v) is 8.51. The zero-order valence-electron chi connectivity index (χ0n) is 8.51. The molecular formula is C11H14O4. The fourth-order valence-electron chi connectivity index (χ4n) is 1.49. The molecule has 1 aromatic rings. The normalized spacial score (nSPS) is 12.1. The van der Waals surface area contributed by atoms with Crippen LogP contribution in [0.1, 0.15) is 17.9 Å². The van der Waals surface area contributed by atoms with Crippen molar-refractivity contribution < 1.29 is 19.7 Å². The molecule has 1 rings (SSSR count). The number of hydrogen-bond acceptors (Lipinski definition) is 3. The number of para-hydroxylation sites is 1. The minimum Gasteiger partial charge on any atom is -0.496 e. The van der Waals surface area contributed by atoms with Crippen LogP contribution < -0.4 is 4.74 Å². The first-order valence-electron chi connectivity index (χ1n) is 4.64. The van der Waals surface area contributed by atoms with Gasteiger partial charge in [-0.15, -0.1) is 0 Å². The largest absolute Gasteiger partial charge is 0.496 e. The Bertz CT molecular complexity index is 335. The van der Waals surface area contributed by atoms with Crippen molar-refractivity contribution in [1.29, 1.82) is 0 Å². The van der Waals surface area contributed by atoms with Gasteiger partial charge >= 0.3 is 5.97 Å². The van der Waals surface area contributed by atoms with Crippen molar-refractivity contribution in [3.05, 3.63) is 29.8 Å². The van der Waals surface area contributed by atoms with Gasteiger partial charge in [-0.05, 0) is 6.07 Å². The maximum absolute atomic E-state index is 10.6. The van der Waals surface area contributed by atoms with E-state index in [-0.39, 0.29) is 13.0 Å². The molecule has 0 saturated heterocycles. The Kier molecular flexibility index (Phi) is 4.12. The average Bonchev–Trinajstić information content (AvgIpc) is 2.25. The number of hydrogen-bond donors (Lipinski definition) is 2. The molecular weight excluding hydrogens is 196 g/mol. The molecule has 0 radical (unpaired) electrons. The second-order valence-corrected chi connectivity index (χ2v) is 3.22. The average molecular weight is 210 g/mol. The molecule has 0 heterocycles. The molecule has 1 unspecified atom stereocenters. The number of carboxylic acids is 1. The maximum atomic E-state index is 10.6. The van der Waals surface area contributed by atoms with E-state index in [0.717, 1.165) is 5.56 Å². The van der Waals surface area contributed by atoms with Crippen LogP contribution in [0.15, 0.2) is 24.3 Å². The standard InChI is InChI=1S/C11H14O4/c1-15-10-5-3-2-4-9(10)8(7-12)6-11(13)14/h2-5,8,12H,6-7H2,1H3,(H,13,14). The Morgan fingerprint density at radius 3 is 2.67 bits per heavy atom. The topological polar surface area (TPSA) is 66.8 Å². The van der Waals surface area contributed by atoms with E-state index >= 15 is 0 Å². The molecule has 0 spiro atoms. The Morgan fingerprint density at radius 2 is 2.13 bits per heavy atom. The van der Waals surface area contributed by atoms with Crippen LogP contribution in [-0.2, 0) is 4.79 Å². The van der Waals surface area contributed by atoms with Crippen molar-refractivity contribution in [2.24, 2.45) is 0 Å². The molecule has 15 heavy (non-hydrogen) atoms. The van der Waals surface area contributed by atoms with Crippen LogP contribution in [-0.4, -0.2) is 29.9 Å². The molecule has 0 amide bonds. The first-order valence-corrected chi connectivity index (χ1v) is 4.64. The highest BCUT2D eigenvalue weighted by Crippen LogP contribution is 2.28. The smallest absolute Gasteiger partial charge is 0.304 e. The summed E-state index contributed by atoms with van der Waals surface area (Å²) in [6, 6.07) is 7.11. The summed E-state index contributed by atoms with van der Waals surface area (Å²) in [5.41, 5.74) is 0.727. The molecule has 0 aliphatic carbocycles. The number of carboxylic acid groups (broad SMARTS) is 1. The number of benzene rings is 1. The molecule has 2 N–H and O–H groups in total. The highest BCUT2D eigenvalue weighted by Gasteiger charge is 2.17. The number of methoxy groups -OCH3 is 1. The molecule has 0 aromatic heterocycles. The SMILES string of the molecule is COc1ccccc1C(CO)CC(=O)O. The van der Waals surface area contributed by atoms with Crippen LogP contribution in [0.4, 0.5) is 0 Å². The summed E-state index contributed by atoms with van der Waals surface area (Å²) in [4.78, 5) is 10.6. The molecule has 1 aromatic carbocycles. The molecule has 82 valence electrons. The molecule has 4 heteroatoms. The van der Waals surface area contributed by atoms with E-state index in [1.165, 1.54) is 7.11 Å². The molecule has 1 atom stereocenters. The van der Waals surface area contributed by atoms with Crippen LogP contribution in [0.3, 0.4) is 0 Å². The van der Waals surface area contributed by atoms with Gasteiger partial charge in [-0.25, -0.2) is 0 Å². The van der Waals surface area contributed by atoms with E-state index in [4.69, 9.17) is 14.9 Å². The molecule has 0 saturated carbocycles. The lowest BCUT2D eigenvalue weighted by atomic mass is 9.96. The summed E-state index contributed by atoms with van der Waals surface area (Å²) < 4.78 is 5.11. The van der Waals surface area contributed by atoms with Crippen molar-refractivity contribution in [3.63, 3.8) is 0 Å². The molecule has 0 aliphatic heterocycles. The number of aliphatic hydroxyl groups is 1.